The second kappa shape index (κ2) is 6.06. The summed E-state index contributed by atoms with van der Waals surface area (Å²) in [6.45, 7) is 1.80. The zero-order valence-electron chi connectivity index (χ0n) is 10.9. The van der Waals surface area contributed by atoms with Gasteiger partial charge in [-0.1, -0.05) is 42.8 Å². The molecule has 0 radical (unpaired) electrons. The van der Waals surface area contributed by atoms with E-state index in [0.29, 0.717) is 16.1 Å². The number of rotatable bonds is 4. The van der Waals surface area contributed by atoms with Gasteiger partial charge in [-0.2, -0.15) is 0 Å². The van der Waals surface area contributed by atoms with Crippen molar-refractivity contribution in [3.05, 3.63) is 58.9 Å². The zero-order chi connectivity index (χ0) is 14.7. The molecule has 1 atom stereocenters. The van der Waals surface area contributed by atoms with Crippen LogP contribution in [0, 0.1) is 5.82 Å². The van der Waals surface area contributed by atoms with E-state index in [9.17, 15) is 9.18 Å². The molecule has 1 N–H and O–H groups in total. The molecule has 0 spiro atoms. The lowest BCUT2D eigenvalue weighted by Gasteiger charge is -2.13. The number of carbonyl (C=O) groups is 1. The van der Waals surface area contributed by atoms with E-state index in [-0.39, 0.29) is 18.2 Å². The maximum atomic E-state index is 14.0. The maximum Gasteiger partial charge on any atom is 0.303 e. The van der Waals surface area contributed by atoms with Gasteiger partial charge in [-0.15, -0.1) is 0 Å². The van der Waals surface area contributed by atoms with Crippen LogP contribution in [0.15, 0.2) is 42.5 Å². The monoisotopic (exact) mass is 292 g/mol. The Labute approximate surface area is 121 Å². The van der Waals surface area contributed by atoms with Crippen LogP contribution in [0.1, 0.15) is 24.8 Å². The fourth-order valence-electron chi connectivity index (χ4n) is 2.12. The van der Waals surface area contributed by atoms with Crippen LogP contribution in [0.25, 0.3) is 11.1 Å². The van der Waals surface area contributed by atoms with E-state index in [4.69, 9.17) is 16.7 Å². The number of halogens is 2. The number of hydrogen-bond donors (Lipinski definition) is 1. The number of carboxylic acids is 1. The smallest absolute Gasteiger partial charge is 0.303 e. The lowest BCUT2D eigenvalue weighted by atomic mass is 9.94. The molecular formula is C16H14ClFO2. The molecule has 20 heavy (non-hydrogen) atoms. The molecule has 0 bridgehead atoms. The molecule has 2 aromatic rings. The van der Waals surface area contributed by atoms with Crippen molar-refractivity contribution in [3.63, 3.8) is 0 Å². The van der Waals surface area contributed by atoms with E-state index in [1.165, 1.54) is 6.07 Å². The highest BCUT2D eigenvalue weighted by atomic mass is 35.5. The van der Waals surface area contributed by atoms with Crippen molar-refractivity contribution >= 4 is 17.6 Å². The van der Waals surface area contributed by atoms with Gasteiger partial charge in [0.15, 0.2) is 0 Å². The van der Waals surface area contributed by atoms with Crippen LogP contribution >= 0.6 is 11.6 Å². The molecule has 2 rings (SSSR count). The highest BCUT2D eigenvalue weighted by Crippen LogP contribution is 2.32. The zero-order valence-corrected chi connectivity index (χ0v) is 11.7. The van der Waals surface area contributed by atoms with Gasteiger partial charge < -0.3 is 5.11 Å². The molecule has 0 fully saturated rings. The number of benzene rings is 2. The molecule has 0 aliphatic rings. The third-order valence-corrected chi connectivity index (χ3v) is 3.53. The highest BCUT2D eigenvalue weighted by molar-refractivity contribution is 6.33. The van der Waals surface area contributed by atoms with Crippen LogP contribution in [-0.2, 0) is 4.79 Å². The van der Waals surface area contributed by atoms with Gasteiger partial charge in [0.05, 0.1) is 6.42 Å². The molecule has 0 aliphatic heterocycles. The van der Waals surface area contributed by atoms with Crippen molar-refractivity contribution in [2.75, 3.05) is 0 Å². The summed E-state index contributed by atoms with van der Waals surface area (Å²) in [7, 11) is 0. The largest absolute Gasteiger partial charge is 0.481 e. The van der Waals surface area contributed by atoms with Crippen molar-refractivity contribution in [2.45, 2.75) is 19.3 Å². The molecular weight excluding hydrogens is 279 g/mol. The second-order valence-electron chi connectivity index (χ2n) is 4.72. The standard InChI is InChI=1S/C16H14ClFO2/c1-10(8-16(19)20)11-6-7-15(18)13(9-11)12-4-2-3-5-14(12)17/h2-7,9-10H,8H2,1H3,(H,19,20). The summed E-state index contributed by atoms with van der Waals surface area (Å²) in [5, 5.41) is 9.30. The summed E-state index contributed by atoms with van der Waals surface area (Å²) in [4.78, 5) is 10.8. The Balaban J connectivity index is 2.44. The Morgan fingerprint density at radius 2 is 1.95 bits per heavy atom. The third-order valence-electron chi connectivity index (χ3n) is 3.20. The first-order valence-electron chi connectivity index (χ1n) is 6.25. The minimum Gasteiger partial charge on any atom is -0.481 e. The van der Waals surface area contributed by atoms with E-state index >= 15 is 0 Å². The van der Waals surface area contributed by atoms with Gasteiger partial charge in [0, 0.05) is 16.1 Å². The normalized spacial score (nSPS) is 12.2. The molecule has 4 heteroatoms. The predicted octanol–water partition coefficient (Wildman–Crippen LogP) is 4.72. The van der Waals surface area contributed by atoms with E-state index < -0.39 is 5.97 Å². The Bertz CT molecular complexity index is 640. The first-order chi connectivity index (χ1) is 9.49. The van der Waals surface area contributed by atoms with Crippen molar-refractivity contribution in [1.82, 2.24) is 0 Å². The summed E-state index contributed by atoms with van der Waals surface area (Å²) in [6.07, 6.45) is 0.00753. The Kier molecular flexibility index (Phi) is 4.40. The predicted molar refractivity (Wildman–Crippen MR) is 77.5 cm³/mol. The average molecular weight is 293 g/mol. The SMILES string of the molecule is CC(CC(=O)O)c1ccc(F)c(-c2ccccc2Cl)c1. The summed E-state index contributed by atoms with van der Waals surface area (Å²) in [5.41, 5.74) is 1.78. The topological polar surface area (TPSA) is 37.3 Å². The van der Waals surface area contributed by atoms with E-state index in [0.717, 1.165) is 5.56 Å². The van der Waals surface area contributed by atoms with Crippen LogP contribution in [0.2, 0.25) is 5.02 Å². The van der Waals surface area contributed by atoms with Gasteiger partial charge in [-0.25, -0.2) is 4.39 Å². The molecule has 0 aliphatic carbocycles. The fourth-order valence-corrected chi connectivity index (χ4v) is 2.35. The Morgan fingerprint density at radius 1 is 1.25 bits per heavy atom. The second-order valence-corrected chi connectivity index (χ2v) is 5.13. The summed E-state index contributed by atoms with van der Waals surface area (Å²) < 4.78 is 14.0. The summed E-state index contributed by atoms with van der Waals surface area (Å²) in [6, 6.07) is 11.6. The van der Waals surface area contributed by atoms with Gasteiger partial charge in [0.25, 0.3) is 0 Å². The molecule has 0 aromatic heterocycles. The van der Waals surface area contributed by atoms with Crippen LogP contribution in [-0.4, -0.2) is 11.1 Å². The molecule has 0 amide bonds. The molecule has 2 nitrogen and oxygen atoms in total. The van der Waals surface area contributed by atoms with Crippen LogP contribution in [0.5, 0.6) is 0 Å². The number of aliphatic carboxylic acids is 1. The minimum atomic E-state index is -0.874. The molecule has 104 valence electrons. The third kappa shape index (κ3) is 3.17. The molecule has 0 saturated heterocycles. The van der Waals surface area contributed by atoms with Gasteiger partial charge >= 0.3 is 5.97 Å². The highest BCUT2D eigenvalue weighted by Gasteiger charge is 2.14. The minimum absolute atomic E-state index is 0.00753. The van der Waals surface area contributed by atoms with Gasteiger partial charge in [0.2, 0.25) is 0 Å². The van der Waals surface area contributed by atoms with Crippen molar-refractivity contribution in [3.8, 4) is 11.1 Å². The van der Waals surface area contributed by atoms with E-state index in [1.807, 2.05) is 0 Å². The van der Waals surface area contributed by atoms with Gasteiger partial charge in [0.1, 0.15) is 5.82 Å². The van der Waals surface area contributed by atoms with Crippen LogP contribution in [0.3, 0.4) is 0 Å². The summed E-state index contributed by atoms with van der Waals surface area (Å²) >= 11 is 6.09. The molecule has 0 saturated carbocycles. The van der Waals surface area contributed by atoms with Crippen molar-refractivity contribution in [1.29, 1.82) is 0 Å². The first-order valence-corrected chi connectivity index (χ1v) is 6.63. The van der Waals surface area contributed by atoms with Crippen LogP contribution < -0.4 is 0 Å². The lowest BCUT2D eigenvalue weighted by Crippen LogP contribution is -2.03. The average Bonchev–Trinajstić information content (AvgIpc) is 2.39. The van der Waals surface area contributed by atoms with Gasteiger partial charge in [-0.05, 0) is 29.7 Å². The first kappa shape index (κ1) is 14.5. The van der Waals surface area contributed by atoms with Crippen molar-refractivity contribution in [2.24, 2.45) is 0 Å². The van der Waals surface area contributed by atoms with Gasteiger partial charge in [-0.3, -0.25) is 4.79 Å². The van der Waals surface area contributed by atoms with Crippen molar-refractivity contribution < 1.29 is 14.3 Å². The van der Waals surface area contributed by atoms with Crippen LogP contribution in [0.4, 0.5) is 4.39 Å². The molecule has 1 unspecified atom stereocenters. The summed E-state index contributed by atoms with van der Waals surface area (Å²) in [5.74, 6) is -1.43. The number of hydrogen-bond acceptors (Lipinski definition) is 1. The molecule has 0 heterocycles. The van der Waals surface area contributed by atoms with E-state index in [1.54, 1.807) is 43.3 Å². The molecule has 2 aromatic carbocycles. The quantitative estimate of drug-likeness (QED) is 0.885. The fraction of sp³-hybridized carbons (Fsp3) is 0.188. The Hall–Kier alpha value is -1.87. The van der Waals surface area contributed by atoms with E-state index in [2.05, 4.69) is 0 Å². The number of carboxylic acid groups (broad SMARTS) is 1. The lowest BCUT2D eigenvalue weighted by molar-refractivity contribution is -0.137. The Morgan fingerprint density at radius 3 is 2.60 bits per heavy atom. The maximum absolute atomic E-state index is 14.0.